The van der Waals surface area contributed by atoms with Crippen LogP contribution in [0.5, 0.6) is 0 Å². The zero-order chi connectivity index (χ0) is 14.5. The number of imidazole rings is 1. The molecule has 20 heavy (non-hydrogen) atoms. The number of nitrogens with one attached hydrogen (secondary N) is 1. The molecular weight excluding hydrogens is 246 g/mol. The molecule has 2 aromatic rings. The third-order valence-electron chi connectivity index (χ3n) is 3.67. The molecule has 0 spiro atoms. The van der Waals surface area contributed by atoms with Crippen LogP contribution < -0.4 is 5.73 Å². The predicted molar refractivity (Wildman–Crippen MR) is 84.7 cm³/mol. The first kappa shape index (κ1) is 14.8. The Morgan fingerprint density at radius 1 is 1.20 bits per heavy atom. The quantitative estimate of drug-likeness (QED) is 0.841. The number of hydrogen-bond acceptors (Lipinski definition) is 2. The third kappa shape index (κ3) is 3.48. The molecule has 0 amide bonds. The van der Waals surface area contributed by atoms with Crippen molar-refractivity contribution in [1.29, 1.82) is 0 Å². The zero-order valence-corrected chi connectivity index (χ0v) is 12.7. The van der Waals surface area contributed by atoms with Gasteiger partial charge in [0.15, 0.2) is 0 Å². The summed E-state index contributed by atoms with van der Waals surface area (Å²) in [4.78, 5) is 7.87. The van der Waals surface area contributed by atoms with Crippen molar-refractivity contribution in [2.24, 2.45) is 11.7 Å². The van der Waals surface area contributed by atoms with Crippen LogP contribution in [0.25, 0.3) is 11.3 Å². The smallest absolute Gasteiger partial charge is 0.110 e. The normalized spacial score (nSPS) is 12.8. The Morgan fingerprint density at radius 2 is 1.90 bits per heavy atom. The first-order chi connectivity index (χ1) is 9.63. The first-order valence-corrected chi connectivity index (χ1v) is 7.48. The Morgan fingerprint density at radius 3 is 2.45 bits per heavy atom. The molecule has 1 unspecified atom stereocenters. The van der Waals surface area contributed by atoms with Gasteiger partial charge < -0.3 is 10.7 Å². The summed E-state index contributed by atoms with van der Waals surface area (Å²) in [5, 5.41) is 0. The minimum Gasteiger partial charge on any atom is -0.342 e. The zero-order valence-electron chi connectivity index (χ0n) is 12.7. The van der Waals surface area contributed by atoms with Gasteiger partial charge in [-0.3, -0.25) is 0 Å². The van der Waals surface area contributed by atoms with Crippen molar-refractivity contribution in [3.05, 3.63) is 41.9 Å². The Labute approximate surface area is 121 Å². The van der Waals surface area contributed by atoms with Gasteiger partial charge in [0, 0.05) is 12.5 Å². The van der Waals surface area contributed by atoms with E-state index in [-0.39, 0.29) is 0 Å². The van der Waals surface area contributed by atoms with Crippen LogP contribution in [0.2, 0.25) is 0 Å². The van der Waals surface area contributed by atoms with E-state index in [1.165, 1.54) is 11.1 Å². The summed E-state index contributed by atoms with van der Waals surface area (Å²) in [5.74, 6) is 2.01. The summed E-state index contributed by atoms with van der Waals surface area (Å²) in [5.41, 5.74) is 9.41. The number of aromatic amines is 1. The lowest BCUT2D eigenvalue weighted by atomic mass is 10.0. The molecule has 0 radical (unpaired) electrons. The number of rotatable bonds is 6. The molecule has 1 aromatic heterocycles. The Kier molecular flexibility index (Phi) is 4.96. The van der Waals surface area contributed by atoms with Crippen LogP contribution in [-0.4, -0.2) is 16.5 Å². The molecule has 0 aliphatic heterocycles. The highest BCUT2D eigenvalue weighted by Crippen LogP contribution is 2.22. The van der Waals surface area contributed by atoms with Crippen molar-refractivity contribution >= 4 is 0 Å². The van der Waals surface area contributed by atoms with Gasteiger partial charge in [-0.05, 0) is 29.9 Å². The monoisotopic (exact) mass is 271 g/mol. The Balaban J connectivity index is 2.15. The van der Waals surface area contributed by atoms with Gasteiger partial charge in [-0.25, -0.2) is 4.98 Å². The molecule has 1 atom stereocenters. The summed E-state index contributed by atoms with van der Waals surface area (Å²) < 4.78 is 0. The topological polar surface area (TPSA) is 54.7 Å². The number of nitrogens with zero attached hydrogens (tertiary/aromatic N) is 1. The highest BCUT2D eigenvalue weighted by molar-refractivity contribution is 5.58. The molecule has 3 N–H and O–H groups in total. The molecule has 0 aliphatic carbocycles. The van der Waals surface area contributed by atoms with Crippen LogP contribution in [0.1, 0.15) is 44.5 Å². The molecule has 2 rings (SSSR count). The van der Waals surface area contributed by atoms with Gasteiger partial charge in [0.2, 0.25) is 0 Å². The largest absolute Gasteiger partial charge is 0.342 e. The molecule has 1 aromatic carbocycles. The van der Waals surface area contributed by atoms with E-state index in [4.69, 9.17) is 5.73 Å². The van der Waals surface area contributed by atoms with Crippen LogP contribution in [0.3, 0.4) is 0 Å². The summed E-state index contributed by atoms with van der Waals surface area (Å²) in [6, 6.07) is 8.74. The van der Waals surface area contributed by atoms with Gasteiger partial charge in [0.1, 0.15) is 5.82 Å². The standard InChI is InChI=1S/C17H25N3/c1-4-14(10-18)17-19-11-16(20-17)15-7-5-13(6-8-15)9-12(2)3/h5-8,11-12,14H,4,9-10,18H2,1-3H3,(H,19,20). The number of aromatic nitrogens is 2. The maximum Gasteiger partial charge on any atom is 0.110 e. The van der Waals surface area contributed by atoms with Crippen molar-refractivity contribution in [3.8, 4) is 11.3 Å². The van der Waals surface area contributed by atoms with Gasteiger partial charge in [0.25, 0.3) is 0 Å². The van der Waals surface area contributed by atoms with Crippen LogP contribution in [0.15, 0.2) is 30.5 Å². The third-order valence-corrected chi connectivity index (χ3v) is 3.67. The summed E-state index contributed by atoms with van der Waals surface area (Å²) in [6.07, 6.45) is 4.04. The second-order valence-corrected chi connectivity index (χ2v) is 5.82. The second-order valence-electron chi connectivity index (χ2n) is 5.82. The summed E-state index contributed by atoms with van der Waals surface area (Å²) in [6.45, 7) is 7.26. The number of nitrogens with two attached hydrogens (primary N) is 1. The highest BCUT2D eigenvalue weighted by Gasteiger charge is 2.11. The fraction of sp³-hybridized carbons (Fsp3) is 0.471. The van der Waals surface area contributed by atoms with E-state index in [0.29, 0.717) is 18.4 Å². The van der Waals surface area contributed by atoms with Gasteiger partial charge in [-0.2, -0.15) is 0 Å². The van der Waals surface area contributed by atoms with Crippen molar-refractivity contribution in [3.63, 3.8) is 0 Å². The van der Waals surface area contributed by atoms with Crippen LogP contribution in [-0.2, 0) is 6.42 Å². The van der Waals surface area contributed by atoms with E-state index in [2.05, 4.69) is 55.0 Å². The lowest BCUT2D eigenvalue weighted by molar-refractivity contribution is 0.639. The van der Waals surface area contributed by atoms with E-state index >= 15 is 0 Å². The van der Waals surface area contributed by atoms with E-state index < -0.39 is 0 Å². The van der Waals surface area contributed by atoms with Crippen molar-refractivity contribution in [2.75, 3.05) is 6.54 Å². The number of H-pyrrole nitrogens is 1. The van der Waals surface area contributed by atoms with Crippen molar-refractivity contribution < 1.29 is 0 Å². The number of benzene rings is 1. The van der Waals surface area contributed by atoms with E-state index in [1.54, 1.807) is 0 Å². The Hall–Kier alpha value is -1.61. The molecule has 0 saturated carbocycles. The second kappa shape index (κ2) is 6.71. The van der Waals surface area contributed by atoms with Gasteiger partial charge in [-0.15, -0.1) is 0 Å². The fourth-order valence-electron chi connectivity index (χ4n) is 2.45. The average molecular weight is 271 g/mol. The summed E-state index contributed by atoms with van der Waals surface area (Å²) >= 11 is 0. The molecule has 0 saturated heterocycles. The molecule has 0 fully saturated rings. The molecule has 1 heterocycles. The van der Waals surface area contributed by atoms with Crippen molar-refractivity contribution in [1.82, 2.24) is 9.97 Å². The highest BCUT2D eigenvalue weighted by atomic mass is 14.9. The average Bonchev–Trinajstić information content (AvgIpc) is 2.90. The SMILES string of the molecule is CCC(CN)c1ncc(-c2ccc(CC(C)C)cc2)[nH]1. The minimum absolute atomic E-state index is 0.323. The first-order valence-electron chi connectivity index (χ1n) is 7.48. The number of hydrogen-bond donors (Lipinski definition) is 2. The maximum atomic E-state index is 5.77. The van der Waals surface area contributed by atoms with Gasteiger partial charge >= 0.3 is 0 Å². The Bertz CT molecular complexity index is 521. The van der Waals surface area contributed by atoms with E-state index in [9.17, 15) is 0 Å². The van der Waals surface area contributed by atoms with E-state index in [1.807, 2.05) is 6.20 Å². The van der Waals surface area contributed by atoms with Gasteiger partial charge in [0.05, 0.1) is 11.9 Å². The fourth-order valence-corrected chi connectivity index (χ4v) is 2.45. The minimum atomic E-state index is 0.323. The molecule has 0 bridgehead atoms. The molecular formula is C17H25N3. The molecule has 108 valence electrons. The van der Waals surface area contributed by atoms with Crippen LogP contribution >= 0.6 is 0 Å². The van der Waals surface area contributed by atoms with E-state index in [0.717, 1.165) is 24.4 Å². The van der Waals surface area contributed by atoms with Gasteiger partial charge in [-0.1, -0.05) is 45.0 Å². The lowest BCUT2D eigenvalue weighted by Gasteiger charge is -2.08. The predicted octanol–water partition coefficient (Wildman–Crippen LogP) is 3.73. The molecule has 0 aliphatic rings. The van der Waals surface area contributed by atoms with Crippen LogP contribution in [0.4, 0.5) is 0 Å². The molecule has 3 nitrogen and oxygen atoms in total. The lowest BCUT2D eigenvalue weighted by Crippen LogP contribution is -2.12. The van der Waals surface area contributed by atoms with Crippen molar-refractivity contribution in [2.45, 2.75) is 39.5 Å². The molecule has 3 heteroatoms. The maximum absolute atomic E-state index is 5.77. The van der Waals surface area contributed by atoms with Crippen LogP contribution in [0, 0.1) is 5.92 Å². The summed E-state index contributed by atoms with van der Waals surface area (Å²) in [7, 11) is 0.